The molecule has 8 heteroatoms. The van der Waals surface area contributed by atoms with Gasteiger partial charge in [-0.15, -0.1) is 11.3 Å². The Morgan fingerprint density at radius 2 is 1.95 bits per heavy atom. The lowest BCUT2D eigenvalue weighted by atomic mass is 10.1. The molecule has 0 amide bonds. The largest absolute Gasteiger partial charge is 0.465 e. The first kappa shape index (κ1) is 16.4. The van der Waals surface area contributed by atoms with Crippen molar-refractivity contribution in [1.82, 2.24) is 4.31 Å². The zero-order chi connectivity index (χ0) is 15.6. The Labute approximate surface area is 128 Å². The van der Waals surface area contributed by atoms with Crippen molar-refractivity contribution in [3.05, 3.63) is 15.8 Å². The van der Waals surface area contributed by atoms with Crippen LogP contribution >= 0.6 is 11.3 Å². The number of hydrogen-bond donors (Lipinski definition) is 0. The minimum atomic E-state index is -3.68. The quantitative estimate of drug-likeness (QED) is 0.783. The summed E-state index contributed by atoms with van der Waals surface area (Å²) >= 11 is 1.10. The number of thiophene rings is 1. The van der Waals surface area contributed by atoms with Crippen molar-refractivity contribution < 1.29 is 22.7 Å². The van der Waals surface area contributed by atoms with Crippen LogP contribution in [0.3, 0.4) is 0 Å². The molecule has 0 saturated carbocycles. The zero-order valence-corrected chi connectivity index (χ0v) is 13.9. The molecule has 1 aromatic heterocycles. The maximum atomic E-state index is 12.8. The third kappa shape index (κ3) is 3.13. The number of esters is 1. The van der Waals surface area contributed by atoms with E-state index in [1.165, 1.54) is 11.4 Å². The van der Waals surface area contributed by atoms with Crippen LogP contribution in [0.2, 0.25) is 0 Å². The first-order valence-electron chi connectivity index (χ1n) is 6.61. The van der Waals surface area contributed by atoms with E-state index >= 15 is 0 Å². The van der Waals surface area contributed by atoms with Gasteiger partial charge >= 0.3 is 5.97 Å². The summed E-state index contributed by atoms with van der Waals surface area (Å²) in [5.41, 5.74) is 0.578. The standard InChI is InChI=1S/C13H19NO5S2/c1-9-8-20-11(13(15)19-3)12(9)21(16,17)14-6-4-10(18-2)5-7-14/h8,10H,4-7H2,1-3H3. The van der Waals surface area contributed by atoms with E-state index in [0.29, 0.717) is 31.5 Å². The highest BCUT2D eigenvalue weighted by Gasteiger charge is 2.34. The summed E-state index contributed by atoms with van der Waals surface area (Å²) < 4.78 is 36.9. The van der Waals surface area contributed by atoms with Gasteiger partial charge in [-0.2, -0.15) is 4.31 Å². The summed E-state index contributed by atoms with van der Waals surface area (Å²) in [7, 11) is -0.799. The van der Waals surface area contributed by atoms with Gasteiger partial charge in [0.2, 0.25) is 10.0 Å². The second kappa shape index (κ2) is 6.43. The van der Waals surface area contributed by atoms with Gasteiger partial charge in [0, 0.05) is 20.2 Å². The fourth-order valence-electron chi connectivity index (χ4n) is 2.42. The lowest BCUT2D eigenvalue weighted by molar-refractivity contribution is 0.0590. The fraction of sp³-hybridized carbons (Fsp3) is 0.615. The zero-order valence-electron chi connectivity index (χ0n) is 12.3. The molecule has 1 saturated heterocycles. The Morgan fingerprint density at radius 3 is 2.48 bits per heavy atom. The highest BCUT2D eigenvalue weighted by atomic mass is 32.2. The maximum absolute atomic E-state index is 12.8. The molecule has 1 aliphatic rings. The van der Waals surface area contributed by atoms with E-state index in [1.807, 2.05) is 0 Å². The molecular formula is C13H19NO5S2. The molecule has 0 aliphatic carbocycles. The van der Waals surface area contributed by atoms with Gasteiger partial charge in [-0.1, -0.05) is 0 Å². The van der Waals surface area contributed by atoms with E-state index in [2.05, 4.69) is 4.74 Å². The van der Waals surface area contributed by atoms with Gasteiger partial charge < -0.3 is 9.47 Å². The first-order chi connectivity index (χ1) is 9.91. The number of rotatable bonds is 4. The Morgan fingerprint density at radius 1 is 1.33 bits per heavy atom. The summed E-state index contributed by atoms with van der Waals surface area (Å²) in [4.78, 5) is 12.0. The molecule has 1 aliphatic heterocycles. The van der Waals surface area contributed by atoms with Crippen molar-refractivity contribution in [2.45, 2.75) is 30.8 Å². The van der Waals surface area contributed by atoms with Crippen LogP contribution in [0, 0.1) is 6.92 Å². The van der Waals surface area contributed by atoms with E-state index in [0.717, 1.165) is 11.3 Å². The van der Waals surface area contributed by atoms with Crippen molar-refractivity contribution in [2.24, 2.45) is 0 Å². The smallest absolute Gasteiger partial charge is 0.349 e. The number of nitrogens with zero attached hydrogens (tertiary/aromatic N) is 1. The minimum absolute atomic E-state index is 0.0789. The van der Waals surface area contributed by atoms with Crippen LogP contribution in [0.25, 0.3) is 0 Å². The van der Waals surface area contributed by atoms with Gasteiger partial charge in [0.15, 0.2) is 0 Å². The van der Waals surface area contributed by atoms with Crippen LogP contribution < -0.4 is 0 Å². The average Bonchev–Trinajstić information content (AvgIpc) is 2.89. The predicted molar refractivity (Wildman–Crippen MR) is 79.2 cm³/mol. The third-order valence-electron chi connectivity index (χ3n) is 3.62. The van der Waals surface area contributed by atoms with Crippen molar-refractivity contribution in [1.29, 1.82) is 0 Å². The molecule has 0 N–H and O–H groups in total. The van der Waals surface area contributed by atoms with E-state index in [9.17, 15) is 13.2 Å². The van der Waals surface area contributed by atoms with E-state index in [1.54, 1.807) is 19.4 Å². The Hall–Kier alpha value is -0.960. The van der Waals surface area contributed by atoms with E-state index < -0.39 is 16.0 Å². The number of sulfonamides is 1. The van der Waals surface area contributed by atoms with Crippen molar-refractivity contribution in [2.75, 3.05) is 27.3 Å². The van der Waals surface area contributed by atoms with Crippen LogP contribution in [-0.2, 0) is 19.5 Å². The van der Waals surface area contributed by atoms with Crippen LogP contribution in [-0.4, -0.2) is 52.1 Å². The molecule has 118 valence electrons. The lowest BCUT2D eigenvalue weighted by Gasteiger charge is -2.30. The first-order valence-corrected chi connectivity index (χ1v) is 8.93. The van der Waals surface area contributed by atoms with Gasteiger partial charge in [-0.25, -0.2) is 13.2 Å². The minimum Gasteiger partial charge on any atom is -0.465 e. The van der Waals surface area contributed by atoms with Crippen LogP contribution in [0.15, 0.2) is 10.3 Å². The maximum Gasteiger partial charge on any atom is 0.349 e. The Bertz CT molecular complexity index is 615. The molecule has 0 unspecified atom stereocenters. The number of methoxy groups -OCH3 is 2. The molecule has 0 spiro atoms. The number of aryl methyl sites for hydroxylation is 1. The van der Waals surface area contributed by atoms with Crippen molar-refractivity contribution in [3.8, 4) is 0 Å². The number of carbonyl (C=O) groups excluding carboxylic acids is 1. The van der Waals surface area contributed by atoms with E-state index in [4.69, 9.17) is 4.74 Å². The summed E-state index contributed by atoms with van der Waals surface area (Å²) in [5.74, 6) is -0.613. The summed E-state index contributed by atoms with van der Waals surface area (Å²) in [6.45, 7) is 2.49. The highest BCUT2D eigenvalue weighted by molar-refractivity contribution is 7.89. The second-order valence-electron chi connectivity index (χ2n) is 4.91. The van der Waals surface area contributed by atoms with Gasteiger partial charge in [0.1, 0.15) is 9.77 Å². The molecule has 0 aromatic carbocycles. The molecule has 6 nitrogen and oxygen atoms in total. The molecular weight excluding hydrogens is 314 g/mol. The van der Waals surface area contributed by atoms with Crippen molar-refractivity contribution in [3.63, 3.8) is 0 Å². The molecule has 2 rings (SSSR count). The normalized spacial score (nSPS) is 17.9. The van der Waals surface area contributed by atoms with Crippen LogP contribution in [0.1, 0.15) is 28.1 Å². The molecule has 2 heterocycles. The number of carbonyl (C=O) groups is 1. The van der Waals surface area contributed by atoms with Crippen molar-refractivity contribution >= 4 is 27.3 Å². The summed E-state index contributed by atoms with van der Waals surface area (Å²) in [6.07, 6.45) is 1.42. The topological polar surface area (TPSA) is 72.9 Å². The molecule has 0 atom stereocenters. The summed E-state index contributed by atoms with van der Waals surface area (Å²) in [5, 5.41) is 1.67. The Balaban J connectivity index is 2.32. The number of piperidine rings is 1. The monoisotopic (exact) mass is 333 g/mol. The molecule has 1 aromatic rings. The Kier molecular flexibility index (Phi) is 5.03. The number of ether oxygens (including phenoxy) is 2. The molecule has 0 radical (unpaired) electrons. The van der Waals surface area contributed by atoms with Gasteiger partial charge in [-0.3, -0.25) is 0 Å². The molecule has 1 fully saturated rings. The average molecular weight is 333 g/mol. The highest BCUT2D eigenvalue weighted by Crippen LogP contribution is 2.31. The number of hydrogen-bond acceptors (Lipinski definition) is 6. The lowest BCUT2D eigenvalue weighted by Crippen LogP contribution is -2.41. The summed E-state index contributed by atoms with van der Waals surface area (Å²) in [6, 6.07) is 0. The predicted octanol–water partition coefficient (Wildman–Crippen LogP) is 1.64. The van der Waals surface area contributed by atoms with E-state index in [-0.39, 0.29) is 15.9 Å². The third-order valence-corrected chi connectivity index (χ3v) is 6.91. The molecule has 0 bridgehead atoms. The second-order valence-corrected chi connectivity index (χ2v) is 7.66. The van der Waals surface area contributed by atoms with Gasteiger partial charge in [0.25, 0.3) is 0 Å². The fourth-order valence-corrected chi connectivity index (χ4v) is 5.55. The van der Waals surface area contributed by atoms with Crippen LogP contribution in [0.5, 0.6) is 0 Å². The van der Waals surface area contributed by atoms with Gasteiger partial charge in [-0.05, 0) is 30.7 Å². The SMILES string of the molecule is COC(=O)c1scc(C)c1S(=O)(=O)N1CCC(OC)CC1. The van der Waals surface area contributed by atoms with Gasteiger partial charge in [0.05, 0.1) is 13.2 Å². The van der Waals surface area contributed by atoms with Crippen LogP contribution in [0.4, 0.5) is 0 Å². The molecule has 21 heavy (non-hydrogen) atoms.